The predicted molar refractivity (Wildman–Crippen MR) is 176 cm³/mol. The van der Waals surface area contributed by atoms with Crippen molar-refractivity contribution in [3.63, 3.8) is 0 Å². The fourth-order valence-electron chi connectivity index (χ4n) is 5.56. The summed E-state index contributed by atoms with van der Waals surface area (Å²) >= 11 is 1.17. The van der Waals surface area contributed by atoms with Crippen molar-refractivity contribution in [3.8, 4) is 22.8 Å². The highest BCUT2D eigenvalue weighted by molar-refractivity contribution is 7.07. The zero-order valence-corrected chi connectivity index (χ0v) is 26.8. The molecular formula is C36H30N2O8S. The number of aromatic carboxylic acids is 1. The number of nitrogens with zero attached hydrogens (tertiary/aromatic N) is 2. The van der Waals surface area contributed by atoms with E-state index in [0.29, 0.717) is 49.2 Å². The highest BCUT2D eigenvalue weighted by atomic mass is 32.1. The van der Waals surface area contributed by atoms with Gasteiger partial charge in [-0.15, -0.1) is 0 Å². The van der Waals surface area contributed by atoms with Crippen molar-refractivity contribution in [1.29, 1.82) is 0 Å². The minimum Gasteiger partial charge on any atom is -0.493 e. The lowest BCUT2D eigenvalue weighted by Crippen LogP contribution is -2.40. The number of aryl methyl sites for hydroxylation is 1. The molecule has 1 N–H and O–H groups in total. The fourth-order valence-corrected chi connectivity index (χ4v) is 6.54. The van der Waals surface area contributed by atoms with E-state index < -0.39 is 18.0 Å². The number of fused-ring (bicyclic) bond motifs is 1. The van der Waals surface area contributed by atoms with E-state index in [9.17, 15) is 19.5 Å². The molecule has 0 unspecified atom stereocenters. The predicted octanol–water partition coefficient (Wildman–Crippen LogP) is 5.22. The maximum atomic E-state index is 14.2. The number of methoxy groups -OCH3 is 2. The molecule has 0 aliphatic carbocycles. The van der Waals surface area contributed by atoms with Gasteiger partial charge in [-0.3, -0.25) is 9.36 Å². The summed E-state index contributed by atoms with van der Waals surface area (Å²) in [6, 6.07) is 21.9. The van der Waals surface area contributed by atoms with Gasteiger partial charge in [-0.1, -0.05) is 53.8 Å². The van der Waals surface area contributed by atoms with Crippen molar-refractivity contribution in [3.05, 3.63) is 132 Å². The molecule has 0 fully saturated rings. The summed E-state index contributed by atoms with van der Waals surface area (Å²) in [5, 5.41) is 9.32. The number of esters is 1. The molecular weight excluding hydrogens is 620 g/mol. The molecule has 1 aliphatic heterocycles. The summed E-state index contributed by atoms with van der Waals surface area (Å²) < 4.78 is 24.5. The van der Waals surface area contributed by atoms with E-state index in [4.69, 9.17) is 23.6 Å². The lowest BCUT2D eigenvalue weighted by Gasteiger charge is -2.26. The van der Waals surface area contributed by atoms with Crippen LogP contribution in [0.3, 0.4) is 0 Å². The summed E-state index contributed by atoms with van der Waals surface area (Å²) in [6.07, 6.45) is 1.64. The quantitative estimate of drug-likeness (QED) is 0.215. The molecule has 3 heterocycles. The van der Waals surface area contributed by atoms with E-state index in [1.54, 1.807) is 55.5 Å². The number of ether oxygens (including phenoxy) is 3. The van der Waals surface area contributed by atoms with Gasteiger partial charge < -0.3 is 23.7 Å². The Hall–Kier alpha value is -5.68. The lowest BCUT2D eigenvalue weighted by atomic mass is 9.93. The number of thiazole rings is 1. The average Bonchev–Trinajstić information content (AvgIpc) is 3.67. The fraction of sp³-hybridized carbons (Fsp3) is 0.167. The van der Waals surface area contributed by atoms with Crippen LogP contribution >= 0.6 is 11.3 Å². The number of carbonyl (C=O) groups is 2. The number of benzene rings is 3. The Balaban J connectivity index is 1.55. The molecule has 0 saturated heterocycles. The van der Waals surface area contributed by atoms with Crippen molar-refractivity contribution in [1.82, 2.24) is 4.57 Å². The summed E-state index contributed by atoms with van der Waals surface area (Å²) in [5.74, 6) is 0.269. The zero-order chi connectivity index (χ0) is 33.2. The number of hydrogen-bond donors (Lipinski definition) is 1. The summed E-state index contributed by atoms with van der Waals surface area (Å²) in [6.45, 7) is 3.66. The minimum absolute atomic E-state index is 0.132. The van der Waals surface area contributed by atoms with Crippen LogP contribution in [0.2, 0.25) is 0 Å². The van der Waals surface area contributed by atoms with Crippen LogP contribution in [0.25, 0.3) is 23.1 Å². The van der Waals surface area contributed by atoms with Gasteiger partial charge >= 0.3 is 11.9 Å². The molecule has 1 aliphatic rings. The van der Waals surface area contributed by atoms with Gasteiger partial charge in [-0.05, 0) is 61.4 Å². The Kier molecular flexibility index (Phi) is 8.64. The molecule has 47 heavy (non-hydrogen) atoms. The monoisotopic (exact) mass is 650 g/mol. The number of carboxylic acids is 1. The van der Waals surface area contributed by atoms with Gasteiger partial charge in [0.1, 0.15) is 11.5 Å². The number of rotatable bonds is 9. The van der Waals surface area contributed by atoms with E-state index in [1.807, 2.05) is 37.3 Å². The first kappa shape index (κ1) is 31.3. The van der Waals surface area contributed by atoms with E-state index in [0.717, 1.165) is 11.1 Å². The van der Waals surface area contributed by atoms with Crippen LogP contribution in [0.5, 0.6) is 11.5 Å². The molecule has 238 valence electrons. The normalized spacial score (nSPS) is 14.4. The Bertz CT molecular complexity index is 2230. The van der Waals surface area contributed by atoms with E-state index in [2.05, 4.69) is 0 Å². The van der Waals surface area contributed by atoms with Crippen molar-refractivity contribution >= 4 is 35.0 Å². The van der Waals surface area contributed by atoms with Gasteiger partial charge in [0.2, 0.25) is 0 Å². The third kappa shape index (κ3) is 5.88. The molecule has 2 aromatic heterocycles. The van der Waals surface area contributed by atoms with Gasteiger partial charge in [0, 0.05) is 17.2 Å². The first-order valence-corrected chi connectivity index (χ1v) is 15.5. The van der Waals surface area contributed by atoms with Crippen LogP contribution in [0.15, 0.2) is 98.6 Å². The Morgan fingerprint density at radius 1 is 1.00 bits per heavy atom. The molecule has 5 aromatic rings. The van der Waals surface area contributed by atoms with Crippen LogP contribution in [-0.2, 0) is 9.53 Å². The van der Waals surface area contributed by atoms with Crippen LogP contribution in [-0.4, -0.2) is 42.4 Å². The Morgan fingerprint density at radius 3 is 2.45 bits per heavy atom. The molecule has 0 radical (unpaired) electrons. The highest BCUT2D eigenvalue weighted by Gasteiger charge is 2.35. The van der Waals surface area contributed by atoms with Gasteiger partial charge in [0.25, 0.3) is 5.56 Å². The minimum atomic E-state index is -1.01. The number of hydrogen-bond acceptors (Lipinski definition) is 9. The molecule has 1 atom stereocenters. The third-order valence-corrected chi connectivity index (χ3v) is 8.72. The Morgan fingerprint density at radius 2 is 1.77 bits per heavy atom. The Labute approximate surface area is 273 Å². The topological polar surface area (TPSA) is 130 Å². The number of carbonyl (C=O) groups excluding carboxylic acids is 1. The van der Waals surface area contributed by atoms with Crippen molar-refractivity contribution in [2.75, 3.05) is 20.8 Å². The average molecular weight is 651 g/mol. The summed E-state index contributed by atoms with van der Waals surface area (Å²) in [5.41, 5.74) is 3.18. The van der Waals surface area contributed by atoms with Gasteiger partial charge in [-0.2, -0.15) is 0 Å². The molecule has 0 saturated carbocycles. The number of carboxylic acid groups (broad SMARTS) is 1. The highest BCUT2D eigenvalue weighted by Crippen LogP contribution is 2.38. The van der Waals surface area contributed by atoms with Crippen LogP contribution < -0.4 is 24.4 Å². The largest absolute Gasteiger partial charge is 0.493 e. The summed E-state index contributed by atoms with van der Waals surface area (Å²) in [7, 11) is 3.05. The van der Waals surface area contributed by atoms with Crippen LogP contribution in [0, 0.1) is 6.92 Å². The van der Waals surface area contributed by atoms with Gasteiger partial charge in [-0.25, -0.2) is 14.6 Å². The molecule has 6 rings (SSSR count). The van der Waals surface area contributed by atoms with Crippen molar-refractivity contribution < 1.29 is 33.3 Å². The molecule has 11 heteroatoms. The summed E-state index contributed by atoms with van der Waals surface area (Å²) in [4.78, 5) is 44.6. The molecule has 3 aromatic carbocycles. The van der Waals surface area contributed by atoms with Crippen LogP contribution in [0.1, 0.15) is 45.8 Å². The lowest BCUT2D eigenvalue weighted by molar-refractivity contribution is -0.138. The number of aromatic nitrogens is 1. The molecule has 10 nitrogen and oxygen atoms in total. The second-order valence-electron chi connectivity index (χ2n) is 10.6. The first-order chi connectivity index (χ1) is 22.7. The van der Waals surface area contributed by atoms with Crippen molar-refractivity contribution in [2.24, 2.45) is 4.99 Å². The van der Waals surface area contributed by atoms with Gasteiger partial charge in [0.15, 0.2) is 16.3 Å². The second-order valence-corrected chi connectivity index (χ2v) is 11.6. The van der Waals surface area contributed by atoms with E-state index >= 15 is 0 Å². The van der Waals surface area contributed by atoms with Crippen molar-refractivity contribution in [2.45, 2.75) is 19.9 Å². The number of furan rings is 1. The molecule has 0 bridgehead atoms. The standard InChI is InChI=1S/C36H30N2O8S/c1-5-45-35(42)30-31(21-9-7-6-8-10-21)37-36-38(32(30)22-12-15-27(43-3)28(18-22)44-4)33(39)29(47-36)19-24-13-16-26(46-24)25-14-11-23(34(40)41)17-20(25)2/h6-19,32H,5H2,1-4H3,(H,40,41)/b29-19-/t32-/m0/s1. The maximum Gasteiger partial charge on any atom is 0.338 e. The van der Waals surface area contributed by atoms with Crippen LogP contribution in [0.4, 0.5) is 0 Å². The zero-order valence-electron chi connectivity index (χ0n) is 26.0. The second kappa shape index (κ2) is 13.0. The van der Waals surface area contributed by atoms with E-state index in [1.165, 1.54) is 36.2 Å². The molecule has 0 spiro atoms. The maximum absolute atomic E-state index is 14.2. The van der Waals surface area contributed by atoms with E-state index in [-0.39, 0.29) is 23.3 Å². The van der Waals surface area contributed by atoms with Gasteiger partial charge in [0.05, 0.1) is 48.2 Å². The first-order valence-electron chi connectivity index (χ1n) is 14.7. The SMILES string of the molecule is CCOC(=O)C1=C(c2ccccc2)N=c2s/c(=C\c3ccc(-c4ccc(C(=O)O)cc4C)o3)c(=O)n2[C@H]1c1ccc(OC)c(OC)c1. The smallest absolute Gasteiger partial charge is 0.338 e. The molecule has 0 amide bonds. The third-order valence-electron chi connectivity index (χ3n) is 7.74.